The van der Waals surface area contributed by atoms with E-state index in [1.54, 1.807) is 44.2 Å². The number of fused-ring (bicyclic) bond motifs is 1. The number of amides is 1. The standard InChI is InChI=1S/C15H14ClN5O3S/c1-9-7-10(2)21-14(17-9)19-15(20-21)25(23,24)8-13(22)18-12-6-4-3-5-11(12)16/h3-7H,8H2,1-2H3,(H,18,22). The maximum Gasteiger partial charge on any atom is 0.269 e. The van der Waals surface area contributed by atoms with Crippen LogP contribution in [0, 0.1) is 13.8 Å². The molecule has 0 bridgehead atoms. The lowest BCUT2D eigenvalue weighted by molar-refractivity contribution is -0.113. The van der Waals surface area contributed by atoms with Gasteiger partial charge >= 0.3 is 0 Å². The molecule has 8 nitrogen and oxygen atoms in total. The number of carbonyl (C=O) groups is 1. The third-order valence-electron chi connectivity index (χ3n) is 3.35. The van der Waals surface area contributed by atoms with Gasteiger partial charge in [0.25, 0.3) is 10.9 Å². The van der Waals surface area contributed by atoms with E-state index < -0.39 is 26.7 Å². The molecule has 10 heteroatoms. The molecule has 130 valence electrons. The number of aromatic nitrogens is 4. The van der Waals surface area contributed by atoms with Crippen LogP contribution in [-0.4, -0.2) is 39.7 Å². The molecule has 25 heavy (non-hydrogen) atoms. The van der Waals surface area contributed by atoms with Crippen LogP contribution >= 0.6 is 11.6 Å². The number of aryl methyl sites for hydroxylation is 2. The van der Waals surface area contributed by atoms with Crippen LogP contribution in [0.25, 0.3) is 5.78 Å². The molecule has 0 aliphatic rings. The number of hydrogen-bond acceptors (Lipinski definition) is 6. The van der Waals surface area contributed by atoms with Gasteiger partial charge in [0.2, 0.25) is 15.7 Å². The molecule has 1 N–H and O–H groups in total. The van der Waals surface area contributed by atoms with Crippen molar-refractivity contribution < 1.29 is 13.2 Å². The van der Waals surface area contributed by atoms with Crippen molar-refractivity contribution in [2.75, 3.05) is 11.1 Å². The van der Waals surface area contributed by atoms with Crippen LogP contribution in [0.2, 0.25) is 5.02 Å². The van der Waals surface area contributed by atoms with Crippen LogP contribution in [0.5, 0.6) is 0 Å². The Morgan fingerprint density at radius 2 is 1.96 bits per heavy atom. The first kappa shape index (κ1) is 17.3. The molecule has 0 fully saturated rings. The zero-order valence-electron chi connectivity index (χ0n) is 13.4. The third-order valence-corrected chi connectivity index (χ3v) is 5.05. The van der Waals surface area contributed by atoms with E-state index >= 15 is 0 Å². The fraction of sp³-hybridized carbons (Fsp3) is 0.200. The zero-order chi connectivity index (χ0) is 18.2. The normalized spacial score (nSPS) is 11.6. The molecule has 0 aliphatic heterocycles. The lowest BCUT2D eigenvalue weighted by Crippen LogP contribution is -2.24. The number of rotatable bonds is 4. The number of benzene rings is 1. The second kappa shape index (κ2) is 6.41. The Bertz CT molecular complexity index is 1080. The highest BCUT2D eigenvalue weighted by Gasteiger charge is 2.25. The van der Waals surface area contributed by atoms with Gasteiger partial charge in [0.15, 0.2) is 0 Å². The number of nitrogens with zero attached hydrogens (tertiary/aromatic N) is 4. The molecule has 0 saturated heterocycles. The summed E-state index contributed by atoms with van der Waals surface area (Å²) < 4.78 is 26.2. The monoisotopic (exact) mass is 379 g/mol. The topological polar surface area (TPSA) is 106 Å². The maximum atomic E-state index is 12.4. The Hall–Kier alpha value is -2.52. The van der Waals surface area contributed by atoms with E-state index in [4.69, 9.17) is 11.6 Å². The smallest absolute Gasteiger partial charge is 0.269 e. The molecule has 0 radical (unpaired) electrons. The first-order valence-corrected chi connectivity index (χ1v) is 9.27. The fourth-order valence-corrected chi connectivity index (χ4v) is 3.42. The van der Waals surface area contributed by atoms with Crippen molar-refractivity contribution in [1.29, 1.82) is 0 Å². The summed E-state index contributed by atoms with van der Waals surface area (Å²) in [7, 11) is -4.02. The number of sulfone groups is 1. The van der Waals surface area contributed by atoms with E-state index in [9.17, 15) is 13.2 Å². The SMILES string of the molecule is Cc1cc(C)n2nc(S(=O)(=O)CC(=O)Nc3ccccc3Cl)nc2n1. The van der Waals surface area contributed by atoms with Gasteiger partial charge in [-0.1, -0.05) is 23.7 Å². The van der Waals surface area contributed by atoms with E-state index in [0.717, 1.165) is 0 Å². The van der Waals surface area contributed by atoms with Gasteiger partial charge in [-0.3, -0.25) is 4.79 Å². The van der Waals surface area contributed by atoms with Gasteiger partial charge in [-0.15, -0.1) is 5.10 Å². The van der Waals surface area contributed by atoms with E-state index in [1.165, 1.54) is 4.52 Å². The van der Waals surface area contributed by atoms with Gasteiger partial charge in [-0.2, -0.15) is 4.98 Å². The van der Waals surface area contributed by atoms with E-state index in [0.29, 0.717) is 22.1 Å². The highest BCUT2D eigenvalue weighted by molar-refractivity contribution is 7.92. The molecule has 1 aromatic carbocycles. The van der Waals surface area contributed by atoms with Crippen molar-refractivity contribution in [3.8, 4) is 0 Å². The van der Waals surface area contributed by atoms with Crippen molar-refractivity contribution >= 4 is 38.8 Å². The molecule has 0 atom stereocenters. The molecular weight excluding hydrogens is 366 g/mol. The molecule has 0 spiro atoms. The number of halogens is 1. The predicted molar refractivity (Wildman–Crippen MR) is 92.4 cm³/mol. The van der Waals surface area contributed by atoms with Crippen LogP contribution in [0.3, 0.4) is 0 Å². The van der Waals surface area contributed by atoms with Crippen molar-refractivity contribution in [2.45, 2.75) is 19.0 Å². The Kier molecular flexibility index (Phi) is 4.44. The Balaban J connectivity index is 1.85. The van der Waals surface area contributed by atoms with Crippen molar-refractivity contribution in [3.63, 3.8) is 0 Å². The molecular formula is C15H14ClN5O3S. The van der Waals surface area contributed by atoms with Gasteiger partial charge in [0.05, 0.1) is 10.7 Å². The van der Waals surface area contributed by atoms with Crippen molar-refractivity contribution in [1.82, 2.24) is 19.6 Å². The zero-order valence-corrected chi connectivity index (χ0v) is 15.0. The summed E-state index contributed by atoms with van der Waals surface area (Å²) in [5.74, 6) is -1.36. The Morgan fingerprint density at radius 1 is 1.24 bits per heavy atom. The van der Waals surface area contributed by atoms with E-state index in [1.807, 2.05) is 0 Å². The summed E-state index contributed by atoms with van der Waals surface area (Å²) in [6, 6.07) is 8.30. The van der Waals surface area contributed by atoms with E-state index in [-0.39, 0.29) is 5.78 Å². The minimum absolute atomic E-state index is 0.169. The molecule has 2 heterocycles. The van der Waals surface area contributed by atoms with Crippen LogP contribution in [0.1, 0.15) is 11.4 Å². The molecule has 3 rings (SSSR count). The second-order valence-corrected chi connectivity index (χ2v) is 7.72. The highest BCUT2D eigenvalue weighted by Crippen LogP contribution is 2.20. The number of anilines is 1. The van der Waals surface area contributed by atoms with Crippen LogP contribution in [-0.2, 0) is 14.6 Å². The quantitative estimate of drug-likeness (QED) is 0.740. The number of para-hydroxylation sites is 1. The van der Waals surface area contributed by atoms with Crippen LogP contribution in [0.4, 0.5) is 5.69 Å². The Labute approximate surface area is 148 Å². The number of hydrogen-bond donors (Lipinski definition) is 1. The summed E-state index contributed by atoms with van der Waals surface area (Å²) in [6.45, 7) is 3.53. The summed E-state index contributed by atoms with van der Waals surface area (Å²) in [5, 5.41) is 6.29. The molecule has 2 aromatic heterocycles. The predicted octanol–water partition coefficient (Wildman–Crippen LogP) is 1.81. The van der Waals surface area contributed by atoms with Gasteiger partial charge in [-0.25, -0.2) is 17.9 Å². The minimum atomic E-state index is -4.02. The largest absolute Gasteiger partial charge is 0.324 e. The molecule has 0 unspecified atom stereocenters. The van der Waals surface area contributed by atoms with Crippen molar-refractivity contribution in [3.05, 3.63) is 46.7 Å². The molecule has 3 aromatic rings. The first-order valence-electron chi connectivity index (χ1n) is 7.24. The minimum Gasteiger partial charge on any atom is -0.324 e. The van der Waals surface area contributed by atoms with Gasteiger partial charge in [0, 0.05) is 11.4 Å². The fourth-order valence-electron chi connectivity index (χ4n) is 2.27. The average molecular weight is 380 g/mol. The number of carbonyl (C=O) groups excluding carboxylic acids is 1. The first-order chi connectivity index (χ1) is 11.8. The Morgan fingerprint density at radius 3 is 2.68 bits per heavy atom. The molecule has 0 aliphatic carbocycles. The second-order valence-electron chi connectivity index (χ2n) is 5.43. The van der Waals surface area contributed by atoms with E-state index in [2.05, 4.69) is 20.4 Å². The van der Waals surface area contributed by atoms with Crippen LogP contribution < -0.4 is 5.32 Å². The van der Waals surface area contributed by atoms with Gasteiger partial charge in [-0.05, 0) is 32.0 Å². The summed E-state index contributed by atoms with van der Waals surface area (Å²) >= 11 is 5.94. The lowest BCUT2D eigenvalue weighted by Gasteiger charge is -2.06. The summed E-state index contributed by atoms with van der Waals surface area (Å²) in [4.78, 5) is 20.1. The average Bonchev–Trinajstić information content (AvgIpc) is 2.94. The van der Waals surface area contributed by atoms with Gasteiger partial charge in [0.1, 0.15) is 5.75 Å². The summed E-state index contributed by atoms with van der Waals surface area (Å²) in [6.07, 6.45) is 0. The van der Waals surface area contributed by atoms with Gasteiger partial charge < -0.3 is 5.32 Å². The summed E-state index contributed by atoms with van der Waals surface area (Å²) in [5.41, 5.74) is 1.72. The van der Waals surface area contributed by atoms with Crippen LogP contribution in [0.15, 0.2) is 35.5 Å². The lowest BCUT2D eigenvalue weighted by atomic mass is 10.3. The highest BCUT2D eigenvalue weighted by atomic mass is 35.5. The maximum absolute atomic E-state index is 12.4. The van der Waals surface area contributed by atoms with Crippen molar-refractivity contribution in [2.24, 2.45) is 0 Å². The number of nitrogens with one attached hydrogen (secondary N) is 1. The molecule has 0 saturated carbocycles. The third kappa shape index (κ3) is 3.62. The molecule has 1 amide bonds.